The molecular formula is C29H26N8OS. The van der Waals surface area contributed by atoms with Gasteiger partial charge in [0.05, 0.1) is 28.1 Å². The number of nitrogens with one attached hydrogen (secondary N) is 4. The molecule has 9 nitrogen and oxygen atoms in total. The van der Waals surface area contributed by atoms with E-state index in [4.69, 9.17) is 0 Å². The lowest BCUT2D eigenvalue weighted by atomic mass is 9.94. The number of hydrogen-bond acceptors (Lipinski definition) is 7. The van der Waals surface area contributed by atoms with E-state index in [2.05, 4.69) is 64.3 Å². The lowest BCUT2D eigenvalue weighted by Crippen LogP contribution is -2.30. The summed E-state index contributed by atoms with van der Waals surface area (Å²) in [6.07, 6.45) is 9.69. The first-order valence-corrected chi connectivity index (χ1v) is 13.9. The molecule has 0 atom stereocenters. The van der Waals surface area contributed by atoms with Crippen LogP contribution in [0.5, 0.6) is 0 Å². The number of anilines is 1. The molecule has 1 aliphatic heterocycles. The zero-order chi connectivity index (χ0) is 26.2. The molecule has 0 aromatic carbocycles. The number of pyridine rings is 3. The number of piperidine rings is 1. The second kappa shape index (κ2) is 10.0. The second-order valence-electron chi connectivity index (χ2n) is 9.88. The van der Waals surface area contributed by atoms with Crippen molar-refractivity contribution in [2.75, 3.05) is 18.4 Å². The van der Waals surface area contributed by atoms with Crippen LogP contribution in [-0.4, -0.2) is 49.1 Å². The Labute approximate surface area is 228 Å². The van der Waals surface area contributed by atoms with E-state index >= 15 is 0 Å². The predicted molar refractivity (Wildman–Crippen MR) is 154 cm³/mol. The monoisotopic (exact) mass is 534 g/mol. The maximum atomic E-state index is 12.7. The van der Waals surface area contributed by atoms with Crippen LogP contribution < -0.4 is 10.6 Å². The van der Waals surface area contributed by atoms with Crippen LogP contribution in [0.15, 0.2) is 66.6 Å². The van der Waals surface area contributed by atoms with Crippen LogP contribution >= 0.6 is 11.3 Å². The van der Waals surface area contributed by atoms with E-state index in [1.165, 1.54) is 0 Å². The largest absolute Gasteiger partial charge is 0.353 e. The SMILES string of the molecule is O=C(CC1CCNCC1)Nc1cncc(-c2cnc3[nH]nc(-c4cc5c(-c6cccs6)nccc5[nH]4)c3c2)c1. The molecule has 1 aliphatic rings. The second-order valence-corrected chi connectivity index (χ2v) is 10.8. The van der Waals surface area contributed by atoms with E-state index in [0.29, 0.717) is 23.7 Å². The summed E-state index contributed by atoms with van der Waals surface area (Å²) in [7, 11) is 0. The van der Waals surface area contributed by atoms with Gasteiger partial charge < -0.3 is 15.6 Å². The van der Waals surface area contributed by atoms with Crippen molar-refractivity contribution in [1.29, 1.82) is 0 Å². The third-order valence-electron chi connectivity index (χ3n) is 7.26. The predicted octanol–water partition coefficient (Wildman–Crippen LogP) is 5.62. The zero-order valence-electron chi connectivity index (χ0n) is 21.1. The number of fused-ring (bicyclic) bond motifs is 2. The normalized spacial score (nSPS) is 14.3. The smallest absolute Gasteiger partial charge is 0.224 e. The van der Waals surface area contributed by atoms with E-state index in [9.17, 15) is 4.79 Å². The molecule has 1 fully saturated rings. The number of aromatic nitrogens is 6. The Bertz CT molecular complexity index is 1780. The van der Waals surface area contributed by atoms with Gasteiger partial charge in [0.1, 0.15) is 5.69 Å². The summed E-state index contributed by atoms with van der Waals surface area (Å²) in [5, 5.41) is 18.0. The van der Waals surface area contributed by atoms with Crippen molar-refractivity contribution < 1.29 is 4.79 Å². The van der Waals surface area contributed by atoms with Crippen LogP contribution in [0.4, 0.5) is 5.69 Å². The van der Waals surface area contributed by atoms with Gasteiger partial charge >= 0.3 is 0 Å². The van der Waals surface area contributed by atoms with Crippen LogP contribution in [0.25, 0.3) is 55.0 Å². The highest BCUT2D eigenvalue weighted by Crippen LogP contribution is 2.35. The number of carbonyl (C=O) groups is 1. The molecule has 0 unspecified atom stereocenters. The average Bonchev–Trinajstić information content (AvgIpc) is 3.73. The number of hydrogen-bond donors (Lipinski definition) is 4. The summed E-state index contributed by atoms with van der Waals surface area (Å²) in [6.45, 7) is 1.96. The molecular weight excluding hydrogens is 508 g/mol. The van der Waals surface area contributed by atoms with Crippen molar-refractivity contribution in [2.45, 2.75) is 19.3 Å². The molecule has 7 heterocycles. The van der Waals surface area contributed by atoms with Crippen molar-refractivity contribution in [1.82, 2.24) is 35.5 Å². The van der Waals surface area contributed by atoms with Crippen LogP contribution in [0.3, 0.4) is 0 Å². The summed E-state index contributed by atoms with van der Waals surface area (Å²) < 4.78 is 0. The fraction of sp³-hybridized carbons (Fsp3) is 0.207. The Hall–Kier alpha value is -4.41. The van der Waals surface area contributed by atoms with Gasteiger partial charge in [0.2, 0.25) is 5.91 Å². The highest BCUT2D eigenvalue weighted by atomic mass is 32.1. The zero-order valence-corrected chi connectivity index (χ0v) is 21.9. The van der Waals surface area contributed by atoms with Crippen molar-refractivity contribution in [3.05, 3.63) is 66.6 Å². The molecule has 7 rings (SSSR count). The molecule has 0 saturated carbocycles. The summed E-state index contributed by atoms with van der Waals surface area (Å²) in [4.78, 5) is 30.9. The molecule has 0 bridgehead atoms. The Balaban J connectivity index is 1.19. The first-order chi connectivity index (χ1) is 19.2. The van der Waals surface area contributed by atoms with Crippen LogP contribution in [-0.2, 0) is 4.79 Å². The molecule has 6 aromatic heterocycles. The molecule has 39 heavy (non-hydrogen) atoms. The highest BCUT2D eigenvalue weighted by molar-refractivity contribution is 7.13. The van der Waals surface area contributed by atoms with Crippen LogP contribution in [0.2, 0.25) is 0 Å². The minimum atomic E-state index is 0.0294. The van der Waals surface area contributed by atoms with Gasteiger partial charge in [0.25, 0.3) is 0 Å². The van der Waals surface area contributed by atoms with Gasteiger partial charge in [-0.05, 0) is 67.6 Å². The number of rotatable bonds is 6. The fourth-order valence-electron chi connectivity index (χ4n) is 5.28. The maximum Gasteiger partial charge on any atom is 0.224 e. The van der Waals surface area contributed by atoms with Gasteiger partial charge in [-0.3, -0.25) is 19.9 Å². The Morgan fingerprint density at radius 2 is 1.90 bits per heavy atom. The Morgan fingerprint density at radius 3 is 2.77 bits per heavy atom. The molecule has 1 amide bonds. The third-order valence-corrected chi connectivity index (χ3v) is 8.14. The minimum absolute atomic E-state index is 0.0294. The highest BCUT2D eigenvalue weighted by Gasteiger charge is 2.18. The molecule has 4 N–H and O–H groups in total. The summed E-state index contributed by atoms with van der Waals surface area (Å²) in [6, 6.07) is 12.2. The number of aromatic amines is 2. The van der Waals surface area contributed by atoms with Gasteiger partial charge in [-0.25, -0.2) is 4.98 Å². The lowest BCUT2D eigenvalue weighted by molar-refractivity contribution is -0.117. The van der Waals surface area contributed by atoms with E-state index < -0.39 is 0 Å². The number of nitrogens with zero attached hydrogens (tertiary/aromatic N) is 4. The van der Waals surface area contributed by atoms with Gasteiger partial charge in [0.15, 0.2) is 5.65 Å². The standard InChI is InChI=1S/C29H26N8OS/c38-26(10-17-3-6-30-7-4-17)34-20-11-18(14-31-16-20)19-12-22-27(36-37-29(22)33-15-19)24-13-21-23(35-24)5-8-32-28(21)25-2-1-9-39-25/h1-2,5,8-9,11-17,30,35H,3-4,6-7,10H2,(H,34,38)(H,33,36,37). The lowest BCUT2D eigenvalue weighted by Gasteiger charge is -2.21. The summed E-state index contributed by atoms with van der Waals surface area (Å²) >= 11 is 1.67. The van der Waals surface area contributed by atoms with E-state index in [-0.39, 0.29) is 5.91 Å². The number of carbonyl (C=O) groups excluding carboxylic acids is 1. The Kier molecular flexibility index (Phi) is 6.10. The average molecular weight is 535 g/mol. The van der Waals surface area contributed by atoms with Crippen molar-refractivity contribution in [3.63, 3.8) is 0 Å². The molecule has 1 saturated heterocycles. The molecule has 0 radical (unpaired) electrons. The van der Waals surface area contributed by atoms with Gasteiger partial charge in [-0.15, -0.1) is 11.3 Å². The van der Waals surface area contributed by atoms with Crippen LogP contribution in [0.1, 0.15) is 19.3 Å². The van der Waals surface area contributed by atoms with E-state index in [1.54, 1.807) is 29.9 Å². The number of amides is 1. The first-order valence-electron chi connectivity index (χ1n) is 13.0. The molecule has 194 valence electrons. The third kappa shape index (κ3) is 4.68. The summed E-state index contributed by atoms with van der Waals surface area (Å²) in [5.74, 6) is 0.456. The van der Waals surface area contributed by atoms with Crippen molar-refractivity contribution >= 4 is 44.9 Å². The minimum Gasteiger partial charge on any atom is -0.353 e. The van der Waals surface area contributed by atoms with Crippen molar-refractivity contribution in [3.8, 4) is 33.1 Å². The van der Waals surface area contributed by atoms with Gasteiger partial charge in [-0.1, -0.05) is 6.07 Å². The number of H-pyrrole nitrogens is 2. The molecule has 0 aliphatic carbocycles. The molecule has 6 aromatic rings. The summed E-state index contributed by atoms with van der Waals surface area (Å²) in [5.41, 5.74) is 6.77. The van der Waals surface area contributed by atoms with Crippen LogP contribution in [0, 0.1) is 5.92 Å². The quantitative estimate of drug-likeness (QED) is 0.220. The number of thiophene rings is 1. The van der Waals surface area contributed by atoms with E-state index in [0.717, 1.165) is 75.3 Å². The van der Waals surface area contributed by atoms with Crippen molar-refractivity contribution in [2.24, 2.45) is 5.92 Å². The van der Waals surface area contributed by atoms with Gasteiger partial charge in [-0.2, -0.15) is 5.10 Å². The maximum absolute atomic E-state index is 12.7. The Morgan fingerprint density at radius 1 is 1.00 bits per heavy atom. The topological polar surface area (TPSA) is 124 Å². The molecule has 0 spiro atoms. The first kappa shape index (κ1) is 23.7. The molecule has 10 heteroatoms. The fourth-order valence-corrected chi connectivity index (χ4v) is 6.02. The van der Waals surface area contributed by atoms with Gasteiger partial charge in [0, 0.05) is 52.4 Å². The van der Waals surface area contributed by atoms with E-state index in [1.807, 2.05) is 24.4 Å².